The lowest BCUT2D eigenvalue weighted by molar-refractivity contribution is 0.362. The summed E-state index contributed by atoms with van der Waals surface area (Å²) in [6.45, 7) is 2.83. The van der Waals surface area contributed by atoms with Gasteiger partial charge in [-0.2, -0.15) is 9.97 Å². The Hall–Kier alpha value is -1.36. The Morgan fingerprint density at radius 2 is 1.69 bits per heavy atom. The summed E-state index contributed by atoms with van der Waals surface area (Å²) in [5, 5.41) is 3.09. The highest BCUT2D eigenvalue weighted by Gasteiger charge is 2.11. The van der Waals surface area contributed by atoms with E-state index in [1.807, 2.05) is 14.0 Å². The first-order valence-corrected chi connectivity index (χ1v) is 5.33. The summed E-state index contributed by atoms with van der Waals surface area (Å²) >= 11 is 0. The Morgan fingerprint density at radius 1 is 1.12 bits per heavy atom. The molecular weight excluding hydrogens is 206 g/mol. The van der Waals surface area contributed by atoms with E-state index in [4.69, 9.17) is 9.47 Å². The highest BCUT2D eigenvalue weighted by molar-refractivity contribution is 5.34. The molecule has 5 heteroatoms. The van der Waals surface area contributed by atoms with E-state index in [-0.39, 0.29) is 0 Å². The maximum Gasteiger partial charge on any atom is 0.223 e. The van der Waals surface area contributed by atoms with E-state index in [1.165, 1.54) is 0 Å². The Labute approximate surface area is 96.2 Å². The predicted octanol–water partition coefficient (Wildman–Crippen LogP) is 0.954. The van der Waals surface area contributed by atoms with Crippen LogP contribution in [0, 0.1) is 6.92 Å². The van der Waals surface area contributed by atoms with E-state index in [9.17, 15) is 0 Å². The van der Waals surface area contributed by atoms with Gasteiger partial charge in [0.2, 0.25) is 11.8 Å². The van der Waals surface area contributed by atoms with Gasteiger partial charge in [0.1, 0.15) is 5.82 Å². The van der Waals surface area contributed by atoms with Crippen LogP contribution in [0.5, 0.6) is 11.8 Å². The first kappa shape index (κ1) is 12.7. The van der Waals surface area contributed by atoms with Gasteiger partial charge in [0.05, 0.1) is 19.8 Å². The van der Waals surface area contributed by atoms with Crippen LogP contribution in [-0.2, 0) is 6.42 Å². The number of methoxy groups -OCH3 is 2. The molecule has 90 valence electrons. The van der Waals surface area contributed by atoms with Crippen LogP contribution in [0.15, 0.2) is 0 Å². The quantitative estimate of drug-likeness (QED) is 0.731. The molecule has 16 heavy (non-hydrogen) atoms. The number of rotatable bonds is 6. The molecule has 0 saturated carbocycles. The highest BCUT2D eigenvalue weighted by Crippen LogP contribution is 2.23. The summed E-state index contributed by atoms with van der Waals surface area (Å²) in [4.78, 5) is 8.66. The molecule has 0 aromatic carbocycles. The lowest BCUT2D eigenvalue weighted by Crippen LogP contribution is -2.10. The van der Waals surface area contributed by atoms with Gasteiger partial charge < -0.3 is 14.8 Å². The van der Waals surface area contributed by atoms with Crippen molar-refractivity contribution in [3.8, 4) is 11.8 Å². The van der Waals surface area contributed by atoms with Crippen molar-refractivity contribution in [1.82, 2.24) is 15.3 Å². The maximum absolute atomic E-state index is 5.19. The standard InChI is InChI=1S/C11H19N3O2/c1-8-10(15-3)13-9(6-5-7-12-2)14-11(8)16-4/h12H,5-7H2,1-4H3. The molecule has 1 rings (SSSR count). The Balaban J connectivity index is 2.84. The normalized spacial score (nSPS) is 10.2. The van der Waals surface area contributed by atoms with Gasteiger partial charge in [0.15, 0.2) is 0 Å². The lowest BCUT2D eigenvalue weighted by Gasteiger charge is -2.10. The first-order valence-electron chi connectivity index (χ1n) is 5.33. The van der Waals surface area contributed by atoms with Crippen LogP contribution in [0.1, 0.15) is 17.8 Å². The van der Waals surface area contributed by atoms with Crippen LogP contribution in [0.4, 0.5) is 0 Å². The number of aryl methyl sites for hydroxylation is 1. The predicted molar refractivity (Wildman–Crippen MR) is 62.1 cm³/mol. The van der Waals surface area contributed by atoms with Crippen molar-refractivity contribution in [2.24, 2.45) is 0 Å². The largest absolute Gasteiger partial charge is 0.481 e. The highest BCUT2D eigenvalue weighted by atomic mass is 16.5. The molecule has 0 saturated heterocycles. The smallest absolute Gasteiger partial charge is 0.223 e. The lowest BCUT2D eigenvalue weighted by atomic mass is 10.2. The average Bonchev–Trinajstić information content (AvgIpc) is 2.31. The molecule has 1 aromatic heterocycles. The Morgan fingerprint density at radius 3 is 2.12 bits per heavy atom. The summed E-state index contributed by atoms with van der Waals surface area (Å²) in [5.41, 5.74) is 0.836. The molecule has 0 aliphatic rings. The van der Waals surface area contributed by atoms with Crippen LogP contribution in [0.2, 0.25) is 0 Å². The average molecular weight is 225 g/mol. The van der Waals surface area contributed by atoms with Crippen molar-refractivity contribution in [3.63, 3.8) is 0 Å². The van der Waals surface area contributed by atoms with Crippen molar-refractivity contribution in [2.45, 2.75) is 19.8 Å². The minimum absolute atomic E-state index is 0.589. The van der Waals surface area contributed by atoms with E-state index in [2.05, 4.69) is 15.3 Å². The monoisotopic (exact) mass is 225 g/mol. The molecule has 1 aromatic rings. The van der Waals surface area contributed by atoms with Crippen LogP contribution in [-0.4, -0.2) is 37.8 Å². The molecule has 0 atom stereocenters. The fourth-order valence-electron chi connectivity index (χ4n) is 1.45. The second-order valence-corrected chi connectivity index (χ2v) is 3.49. The van der Waals surface area contributed by atoms with E-state index in [0.29, 0.717) is 11.8 Å². The molecule has 1 N–H and O–H groups in total. The third-order valence-corrected chi connectivity index (χ3v) is 2.32. The van der Waals surface area contributed by atoms with Gasteiger partial charge >= 0.3 is 0 Å². The molecule has 0 fully saturated rings. The van der Waals surface area contributed by atoms with Gasteiger partial charge in [0, 0.05) is 6.42 Å². The van der Waals surface area contributed by atoms with Gasteiger partial charge in [-0.3, -0.25) is 0 Å². The number of hydrogen-bond donors (Lipinski definition) is 1. The Bertz CT molecular complexity index is 317. The number of aromatic nitrogens is 2. The Kier molecular flexibility index (Phi) is 4.98. The fourth-order valence-corrected chi connectivity index (χ4v) is 1.45. The second-order valence-electron chi connectivity index (χ2n) is 3.49. The van der Waals surface area contributed by atoms with Gasteiger partial charge in [0.25, 0.3) is 0 Å². The molecule has 0 aliphatic carbocycles. The molecule has 0 radical (unpaired) electrons. The van der Waals surface area contributed by atoms with Crippen molar-refractivity contribution >= 4 is 0 Å². The fraction of sp³-hybridized carbons (Fsp3) is 0.636. The summed E-state index contributed by atoms with van der Waals surface area (Å²) in [6, 6.07) is 0. The molecule has 0 amide bonds. The molecule has 0 aliphatic heterocycles. The van der Waals surface area contributed by atoms with Gasteiger partial charge in [-0.25, -0.2) is 0 Å². The number of nitrogens with one attached hydrogen (secondary N) is 1. The minimum Gasteiger partial charge on any atom is -0.481 e. The minimum atomic E-state index is 0.589. The topological polar surface area (TPSA) is 56.3 Å². The van der Waals surface area contributed by atoms with E-state index in [0.717, 1.165) is 30.8 Å². The summed E-state index contributed by atoms with van der Waals surface area (Å²) < 4.78 is 10.4. The van der Waals surface area contributed by atoms with Crippen LogP contribution in [0.25, 0.3) is 0 Å². The molecular formula is C11H19N3O2. The van der Waals surface area contributed by atoms with Crippen molar-refractivity contribution < 1.29 is 9.47 Å². The maximum atomic E-state index is 5.19. The van der Waals surface area contributed by atoms with Crippen molar-refractivity contribution in [1.29, 1.82) is 0 Å². The third-order valence-electron chi connectivity index (χ3n) is 2.32. The van der Waals surface area contributed by atoms with Crippen LogP contribution < -0.4 is 14.8 Å². The van der Waals surface area contributed by atoms with Gasteiger partial charge in [-0.15, -0.1) is 0 Å². The summed E-state index contributed by atoms with van der Waals surface area (Å²) in [6.07, 6.45) is 1.81. The van der Waals surface area contributed by atoms with Gasteiger partial charge in [-0.05, 0) is 26.9 Å². The van der Waals surface area contributed by atoms with Gasteiger partial charge in [-0.1, -0.05) is 0 Å². The molecule has 0 unspecified atom stereocenters. The van der Waals surface area contributed by atoms with E-state index >= 15 is 0 Å². The zero-order valence-electron chi connectivity index (χ0n) is 10.3. The molecule has 0 spiro atoms. The van der Waals surface area contributed by atoms with Crippen molar-refractivity contribution in [2.75, 3.05) is 27.8 Å². The third kappa shape index (κ3) is 3.06. The number of ether oxygens (including phenoxy) is 2. The summed E-state index contributed by atoms with van der Waals surface area (Å²) in [5.74, 6) is 1.94. The molecule has 0 bridgehead atoms. The number of hydrogen-bond acceptors (Lipinski definition) is 5. The van der Waals surface area contributed by atoms with E-state index in [1.54, 1.807) is 14.2 Å². The SMILES string of the molecule is CNCCCc1nc(OC)c(C)c(OC)n1. The van der Waals surface area contributed by atoms with E-state index < -0.39 is 0 Å². The summed E-state index contributed by atoms with van der Waals surface area (Å²) in [7, 11) is 5.13. The molecule has 1 heterocycles. The molecule has 5 nitrogen and oxygen atoms in total. The van der Waals surface area contributed by atoms with Crippen LogP contribution in [0.3, 0.4) is 0 Å². The van der Waals surface area contributed by atoms with Crippen LogP contribution >= 0.6 is 0 Å². The second kappa shape index (κ2) is 6.27. The zero-order valence-corrected chi connectivity index (χ0v) is 10.3. The first-order chi connectivity index (χ1) is 7.72. The van der Waals surface area contributed by atoms with Crippen molar-refractivity contribution in [3.05, 3.63) is 11.4 Å². The zero-order chi connectivity index (χ0) is 12.0. The number of nitrogens with zero attached hydrogens (tertiary/aromatic N) is 2.